The SMILES string of the molecule is c1ccc2c(NCC3(CN4CCCC4)CC3)nncc2c1. The monoisotopic (exact) mass is 282 g/mol. The lowest BCUT2D eigenvalue weighted by Crippen LogP contribution is -2.32. The van der Waals surface area contributed by atoms with E-state index in [9.17, 15) is 0 Å². The van der Waals surface area contributed by atoms with Crippen molar-refractivity contribution in [3.63, 3.8) is 0 Å². The van der Waals surface area contributed by atoms with Crippen LogP contribution >= 0.6 is 0 Å². The summed E-state index contributed by atoms with van der Waals surface area (Å²) in [6.45, 7) is 4.84. The number of rotatable bonds is 5. The molecule has 0 radical (unpaired) electrons. The molecule has 1 saturated carbocycles. The van der Waals surface area contributed by atoms with E-state index < -0.39 is 0 Å². The smallest absolute Gasteiger partial charge is 0.156 e. The van der Waals surface area contributed by atoms with Crippen LogP contribution < -0.4 is 5.32 Å². The zero-order valence-corrected chi connectivity index (χ0v) is 12.4. The van der Waals surface area contributed by atoms with Gasteiger partial charge in [-0.15, -0.1) is 5.10 Å². The molecule has 1 aromatic carbocycles. The first-order valence-electron chi connectivity index (χ1n) is 8.01. The molecule has 2 fully saturated rings. The van der Waals surface area contributed by atoms with E-state index in [1.807, 2.05) is 12.3 Å². The van der Waals surface area contributed by atoms with E-state index in [0.29, 0.717) is 5.41 Å². The highest BCUT2D eigenvalue weighted by Crippen LogP contribution is 2.46. The van der Waals surface area contributed by atoms with Gasteiger partial charge in [0, 0.05) is 29.3 Å². The molecule has 0 unspecified atom stereocenters. The Balaban J connectivity index is 1.46. The molecule has 4 nitrogen and oxygen atoms in total. The molecule has 1 N–H and O–H groups in total. The van der Waals surface area contributed by atoms with Crippen molar-refractivity contribution in [2.75, 3.05) is 31.5 Å². The molecule has 1 aromatic heterocycles. The molecule has 0 spiro atoms. The zero-order valence-electron chi connectivity index (χ0n) is 12.4. The first kappa shape index (κ1) is 13.0. The topological polar surface area (TPSA) is 41.0 Å². The first-order chi connectivity index (χ1) is 10.3. The van der Waals surface area contributed by atoms with Crippen molar-refractivity contribution in [1.82, 2.24) is 15.1 Å². The van der Waals surface area contributed by atoms with Gasteiger partial charge in [0.2, 0.25) is 0 Å². The molecule has 0 amide bonds. The van der Waals surface area contributed by atoms with Crippen LogP contribution in [-0.4, -0.2) is 41.3 Å². The fraction of sp³-hybridized carbons (Fsp3) is 0.529. The van der Waals surface area contributed by atoms with E-state index in [0.717, 1.165) is 17.7 Å². The van der Waals surface area contributed by atoms with Crippen LogP contribution in [0.3, 0.4) is 0 Å². The van der Waals surface area contributed by atoms with E-state index in [1.165, 1.54) is 50.7 Å². The third-order valence-corrected chi connectivity index (χ3v) is 4.92. The standard InChI is InChI=1S/C17H22N4/c1-2-6-15-14(5-1)11-19-20-16(15)18-12-17(7-8-17)13-21-9-3-4-10-21/h1-2,5-6,11H,3-4,7-10,12-13H2,(H,18,20). The molecule has 21 heavy (non-hydrogen) atoms. The number of likely N-dealkylation sites (tertiary alicyclic amines) is 1. The van der Waals surface area contributed by atoms with Gasteiger partial charge in [0.25, 0.3) is 0 Å². The highest BCUT2D eigenvalue weighted by molar-refractivity contribution is 5.90. The molecule has 2 aromatic rings. The number of anilines is 1. The second kappa shape index (κ2) is 5.26. The van der Waals surface area contributed by atoms with Gasteiger partial charge in [0.05, 0.1) is 6.20 Å². The van der Waals surface area contributed by atoms with Gasteiger partial charge in [-0.1, -0.05) is 24.3 Å². The molecule has 1 aliphatic carbocycles. The third kappa shape index (κ3) is 2.72. The Labute approximate surface area is 125 Å². The maximum absolute atomic E-state index is 4.29. The van der Waals surface area contributed by atoms with Gasteiger partial charge in [0.1, 0.15) is 0 Å². The van der Waals surface area contributed by atoms with E-state index >= 15 is 0 Å². The van der Waals surface area contributed by atoms with Gasteiger partial charge in [-0.05, 0) is 38.8 Å². The molecule has 1 aliphatic heterocycles. The third-order valence-electron chi connectivity index (χ3n) is 4.92. The average molecular weight is 282 g/mol. The van der Waals surface area contributed by atoms with Gasteiger partial charge < -0.3 is 10.2 Å². The van der Waals surface area contributed by atoms with Gasteiger partial charge >= 0.3 is 0 Å². The molecule has 1 saturated heterocycles. The summed E-state index contributed by atoms with van der Waals surface area (Å²) in [5, 5.41) is 14.3. The average Bonchev–Trinajstić information content (AvgIpc) is 3.09. The van der Waals surface area contributed by atoms with E-state index in [-0.39, 0.29) is 0 Å². The fourth-order valence-corrected chi connectivity index (χ4v) is 3.41. The Morgan fingerprint density at radius 3 is 2.76 bits per heavy atom. The maximum atomic E-state index is 4.29. The minimum atomic E-state index is 0.475. The van der Waals surface area contributed by atoms with Crippen LogP contribution in [0, 0.1) is 5.41 Å². The largest absolute Gasteiger partial charge is 0.367 e. The Bertz CT molecular complexity index is 624. The van der Waals surface area contributed by atoms with Gasteiger partial charge in [-0.2, -0.15) is 5.10 Å². The number of aromatic nitrogens is 2. The number of hydrogen-bond donors (Lipinski definition) is 1. The zero-order chi connectivity index (χ0) is 14.1. The molecule has 4 heteroatoms. The van der Waals surface area contributed by atoms with Crippen LogP contribution in [0.4, 0.5) is 5.82 Å². The Hall–Kier alpha value is -1.68. The van der Waals surface area contributed by atoms with Gasteiger partial charge in [-0.3, -0.25) is 0 Å². The predicted molar refractivity (Wildman–Crippen MR) is 85.4 cm³/mol. The molecule has 4 rings (SSSR count). The Morgan fingerprint density at radius 1 is 1.14 bits per heavy atom. The first-order valence-corrected chi connectivity index (χ1v) is 8.01. The summed E-state index contributed by atoms with van der Waals surface area (Å²) in [5.74, 6) is 0.931. The maximum Gasteiger partial charge on any atom is 0.156 e. The second-order valence-corrected chi connectivity index (χ2v) is 6.62. The Kier molecular flexibility index (Phi) is 3.26. The Morgan fingerprint density at radius 2 is 1.95 bits per heavy atom. The van der Waals surface area contributed by atoms with Crippen LogP contribution in [-0.2, 0) is 0 Å². The number of hydrogen-bond acceptors (Lipinski definition) is 4. The lowest BCUT2D eigenvalue weighted by molar-refractivity contribution is 0.271. The molecule has 0 bridgehead atoms. The van der Waals surface area contributed by atoms with Crippen molar-refractivity contribution >= 4 is 16.6 Å². The summed E-state index contributed by atoms with van der Waals surface area (Å²) >= 11 is 0. The predicted octanol–water partition coefficient (Wildman–Crippen LogP) is 2.92. The summed E-state index contributed by atoms with van der Waals surface area (Å²) in [6.07, 6.45) is 7.26. The molecule has 2 aliphatic rings. The number of benzene rings is 1. The van der Waals surface area contributed by atoms with Crippen molar-refractivity contribution in [3.8, 4) is 0 Å². The molecular formula is C17H22N4. The van der Waals surface area contributed by atoms with Crippen LogP contribution in [0.5, 0.6) is 0 Å². The van der Waals surface area contributed by atoms with Crippen molar-refractivity contribution in [2.24, 2.45) is 5.41 Å². The normalized spacial score (nSPS) is 20.8. The van der Waals surface area contributed by atoms with Crippen molar-refractivity contribution in [2.45, 2.75) is 25.7 Å². The van der Waals surface area contributed by atoms with Crippen molar-refractivity contribution in [3.05, 3.63) is 30.5 Å². The van der Waals surface area contributed by atoms with Crippen LogP contribution in [0.15, 0.2) is 30.5 Å². The van der Waals surface area contributed by atoms with Crippen molar-refractivity contribution < 1.29 is 0 Å². The highest BCUT2D eigenvalue weighted by atomic mass is 15.2. The highest BCUT2D eigenvalue weighted by Gasteiger charge is 2.44. The minimum absolute atomic E-state index is 0.475. The fourth-order valence-electron chi connectivity index (χ4n) is 3.41. The lowest BCUT2D eigenvalue weighted by Gasteiger charge is -2.23. The molecule has 2 heterocycles. The quantitative estimate of drug-likeness (QED) is 0.915. The summed E-state index contributed by atoms with van der Waals surface area (Å²) < 4.78 is 0. The van der Waals surface area contributed by atoms with E-state index in [2.05, 4.69) is 38.6 Å². The van der Waals surface area contributed by atoms with Gasteiger partial charge in [-0.25, -0.2) is 0 Å². The summed E-state index contributed by atoms with van der Waals surface area (Å²) in [7, 11) is 0. The lowest BCUT2D eigenvalue weighted by atomic mass is 10.1. The minimum Gasteiger partial charge on any atom is -0.367 e. The second-order valence-electron chi connectivity index (χ2n) is 6.62. The van der Waals surface area contributed by atoms with E-state index in [4.69, 9.17) is 0 Å². The molecule has 110 valence electrons. The van der Waals surface area contributed by atoms with Gasteiger partial charge in [0.15, 0.2) is 5.82 Å². The van der Waals surface area contributed by atoms with Crippen LogP contribution in [0.25, 0.3) is 10.8 Å². The summed E-state index contributed by atoms with van der Waals surface area (Å²) in [5.41, 5.74) is 0.475. The van der Waals surface area contributed by atoms with E-state index in [1.54, 1.807) is 0 Å². The molecular weight excluding hydrogens is 260 g/mol. The number of nitrogens with zero attached hydrogens (tertiary/aromatic N) is 3. The number of nitrogens with one attached hydrogen (secondary N) is 1. The van der Waals surface area contributed by atoms with Crippen LogP contribution in [0.1, 0.15) is 25.7 Å². The molecule has 0 atom stereocenters. The summed E-state index contributed by atoms with van der Waals surface area (Å²) in [4.78, 5) is 2.63. The van der Waals surface area contributed by atoms with Crippen molar-refractivity contribution in [1.29, 1.82) is 0 Å². The number of fused-ring (bicyclic) bond motifs is 1. The van der Waals surface area contributed by atoms with Crippen LogP contribution in [0.2, 0.25) is 0 Å². The summed E-state index contributed by atoms with van der Waals surface area (Å²) in [6, 6.07) is 8.31.